The van der Waals surface area contributed by atoms with Crippen LogP contribution in [0.4, 0.5) is 0 Å². The first-order chi connectivity index (χ1) is 9.63. The van der Waals surface area contributed by atoms with E-state index in [-0.39, 0.29) is 5.91 Å². The quantitative estimate of drug-likeness (QED) is 0.911. The van der Waals surface area contributed by atoms with Crippen LogP contribution in [0.2, 0.25) is 0 Å². The summed E-state index contributed by atoms with van der Waals surface area (Å²) in [6.07, 6.45) is 2.27. The predicted octanol–water partition coefficient (Wildman–Crippen LogP) is 2.88. The first kappa shape index (κ1) is 14.2. The molecule has 0 aliphatic heterocycles. The highest BCUT2D eigenvalue weighted by atomic mass is 16.5. The Bertz CT molecular complexity index is 588. The van der Waals surface area contributed by atoms with Crippen LogP contribution in [0, 0.1) is 13.8 Å². The van der Waals surface area contributed by atoms with Gasteiger partial charge in [0.15, 0.2) is 5.76 Å². The van der Waals surface area contributed by atoms with Gasteiger partial charge in [-0.2, -0.15) is 0 Å². The second-order valence-electron chi connectivity index (χ2n) is 4.66. The fourth-order valence-corrected chi connectivity index (χ4v) is 2.15. The van der Waals surface area contributed by atoms with Crippen molar-refractivity contribution in [1.82, 2.24) is 5.32 Å². The number of hydrogen-bond donors (Lipinski definition) is 1. The van der Waals surface area contributed by atoms with E-state index in [0.717, 1.165) is 17.7 Å². The number of nitrogens with one attached hydrogen (secondary N) is 1. The van der Waals surface area contributed by atoms with Crippen LogP contribution >= 0.6 is 0 Å². The molecule has 0 fully saturated rings. The maximum absolute atomic E-state index is 11.7. The second kappa shape index (κ2) is 6.28. The first-order valence-electron chi connectivity index (χ1n) is 6.58. The van der Waals surface area contributed by atoms with Crippen molar-refractivity contribution in [3.05, 3.63) is 53.0 Å². The fraction of sp³-hybridized carbons (Fsp3) is 0.312. The third-order valence-corrected chi connectivity index (χ3v) is 3.49. The Kier molecular flexibility index (Phi) is 4.45. The molecule has 0 saturated carbocycles. The minimum absolute atomic E-state index is 0.183. The lowest BCUT2D eigenvalue weighted by Crippen LogP contribution is -2.25. The van der Waals surface area contributed by atoms with E-state index in [0.29, 0.717) is 12.3 Å². The van der Waals surface area contributed by atoms with Gasteiger partial charge in [-0.25, -0.2) is 0 Å². The molecule has 1 heterocycles. The van der Waals surface area contributed by atoms with Crippen LogP contribution in [0.5, 0.6) is 5.75 Å². The molecule has 0 bridgehead atoms. The molecule has 1 aromatic heterocycles. The number of benzene rings is 1. The standard InChI is InChI=1S/C16H19NO3/c1-11-12(2)14(19-3)7-6-13(11)8-9-17-16(18)15-5-4-10-20-15/h4-7,10H,8-9H2,1-3H3,(H,17,18). The zero-order valence-electron chi connectivity index (χ0n) is 12.0. The van der Waals surface area contributed by atoms with E-state index >= 15 is 0 Å². The molecule has 1 amide bonds. The molecule has 4 heteroatoms. The number of amides is 1. The number of carbonyl (C=O) groups excluding carboxylic acids is 1. The number of furan rings is 1. The molecule has 0 aliphatic carbocycles. The number of hydrogen-bond acceptors (Lipinski definition) is 3. The van der Waals surface area contributed by atoms with Crippen LogP contribution in [0.1, 0.15) is 27.2 Å². The van der Waals surface area contributed by atoms with E-state index in [1.165, 1.54) is 17.4 Å². The van der Waals surface area contributed by atoms with Crippen molar-refractivity contribution in [2.45, 2.75) is 20.3 Å². The van der Waals surface area contributed by atoms with Crippen molar-refractivity contribution in [2.24, 2.45) is 0 Å². The maximum atomic E-state index is 11.7. The number of ether oxygens (including phenoxy) is 1. The minimum atomic E-state index is -0.183. The van der Waals surface area contributed by atoms with Crippen molar-refractivity contribution in [1.29, 1.82) is 0 Å². The van der Waals surface area contributed by atoms with Crippen LogP contribution in [-0.2, 0) is 6.42 Å². The largest absolute Gasteiger partial charge is 0.496 e. The molecule has 2 aromatic rings. The first-order valence-corrected chi connectivity index (χ1v) is 6.58. The van der Waals surface area contributed by atoms with Gasteiger partial charge in [0.1, 0.15) is 5.75 Å². The average molecular weight is 273 g/mol. The van der Waals surface area contributed by atoms with Gasteiger partial charge in [0.2, 0.25) is 0 Å². The second-order valence-corrected chi connectivity index (χ2v) is 4.66. The zero-order valence-corrected chi connectivity index (χ0v) is 12.0. The van der Waals surface area contributed by atoms with Crippen molar-refractivity contribution in [3.63, 3.8) is 0 Å². The molecule has 0 spiro atoms. The van der Waals surface area contributed by atoms with Gasteiger partial charge in [-0.1, -0.05) is 6.07 Å². The van der Waals surface area contributed by atoms with Crippen molar-refractivity contribution in [3.8, 4) is 5.75 Å². The van der Waals surface area contributed by atoms with E-state index in [1.54, 1.807) is 19.2 Å². The van der Waals surface area contributed by atoms with Gasteiger partial charge >= 0.3 is 0 Å². The molecule has 2 rings (SSSR count). The van der Waals surface area contributed by atoms with Crippen molar-refractivity contribution < 1.29 is 13.9 Å². The molecule has 1 N–H and O–H groups in total. The SMILES string of the molecule is COc1ccc(CCNC(=O)c2ccco2)c(C)c1C. The van der Waals surface area contributed by atoms with Gasteiger partial charge < -0.3 is 14.5 Å². The topological polar surface area (TPSA) is 51.5 Å². The third-order valence-electron chi connectivity index (χ3n) is 3.49. The monoisotopic (exact) mass is 273 g/mol. The number of methoxy groups -OCH3 is 1. The summed E-state index contributed by atoms with van der Waals surface area (Å²) in [5.41, 5.74) is 3.56. The molecule has 0 aliphatic rings. The Balaban J connectivity index is 1.95. The van der Waals surface area contributed by atoms with Gasteiger partial charge in [-0.05, 0) is 55.2 Å². The highest BCUT2D eigenvalue weighted by molar-refractivity contribution is 5.91. The van der Waals surface area contributed by atoms with Crippen LogP contribution in [0.25, 0.3) is 0 Å². The molecule has 0 atom stereocenters. The average Bonchev–Trinajstić information content (AvgIpc) is 2.98. The maximum Gasteiger partial charge on any atom is 0.286 e. The van der Waals surface area contributed by atoms with Gasteiger partial charge in [0, 0.05) is 6.54 Å². The highest BCUT2D eigenvalue weighted by Crippen LogP contribution is 2.23. The normalized spacial score (nSPS) is 10.3. The Morgan fingerprint density at radius 1 is 1.25 bits per heavy atom. The lowest BCUT2D eigenvalue weighted by Gasteiger charge is -2.12. The molecule has 4 nitrogen and oxygen atoms in total. The Labute approximate surface area is 118 Å². The van der Waals surface area contributed by atoms with Gasteiger partial charge in [0.05, 0.1) is 13.4 Å². The predicted molar refractivity (Wildman–Crippen MR) is 77.2 cm³/mol. The Hall–Kier alpha value is -2.23. The van der Waals surface area contributed by atoms with Crippen molar-refractivity contribution in [2.75, 3.05) is 13.7 Å². The zero-order chi connectivity index (χ0) is 14.5. The fourth-order valence-electron chi connectivity index (χ4n) is 2.15. The van der Waals surface area contributed by atoms with Crippen LogP contribution in [-0.4, -0.2) is 19.6 Å². The van der Waals surface area contributed by atoms with E-state index in [2.05, 4.69) is 12.2 Å². The summed E-state index contributed by atoms with van der Waals surface area (Å²) < 4.78 is 10.3. The summed E-state index contributed by atoms with van der Waals surface area (Å²) in [7, 11) is 1.67. The molecule has 20 heavy (non-hydrogen) atoms. The lowest BCUT2D eigenvalue weighted by atomic mass is 10.00. The molecule has 106 valence electrons. The van der Waals surface area contributed by atoms with E-state index < -0.39 is 0 Å². The Morgan fingerprint density at radius 2 is 2.05 bits per heavy atom. The van der Waals surface area contributed by atoms with Crippen molar-refractivity contribution >= 4 is 5.91 Å². The van der Waals surface area contributed by atoms with Crippen LogP contribution < -0.4 is 10.1 Å². The van der Waals surface area contributed by atoms with Crippen LogP contribution in [0.3, 0.4) is 0 Å². The summed E-state index contributed by atoms with van der Waals surface area (Å²) in [6.45, 7) is 4.69. The van der Waals surface area contributed by atoms with E-state index in [4.69, 9.17) is 9.15 Å². The molecule has 0 radical (unpaired) electrons. The van der Waals surface area contributed by atoms with Gasteiger partial charge in [0.25, 0.3) is 5.91 Å². The number of rotatable bonds is 5. The van der Waals surface area contributed by atoms with E-state index in [9.17, 15) is 4.79 Å². The van der Waals surface area contributed by atoms with E-state index in [1.807, 2.05) is 19.1 Å². The Morgan fingerprint density at radius 3 is 2.70 bits per heavy atom. The summed E-state index contributed by atoms with van der Waals surface area (Å²) in [4.78, 5) is 11.7. The highest BCUT2D eigenvalue weighted by Gasteiger charge is 2.09. The van der Waals surface area contributed by atoms with Crippen LogP contribution in [0.15, 0.2) is 34.9 Å². The molecular formula is C16H19NO3. The molecular weight excluding hydrogens is 254 g/mol. The summed E-state index contributed by atoms with van der Waals surface area (Å²) in [5.74, 6) is 1.05. The molecule has 1 aromatic carbocycles. The summed E-state index contributed by atoms with van der Waals surface area (Å²) in [6, 6.07) is 7.36. The van der Waals surface area contributed by atoms with Gasteiger partial charge in [-0.3, -0.25) is 4.79 Å². The van der Waals surface area contributed by atoms with Gasteiger partial charge in [-0.15, -0.1) is 0 Å². The lowest BCUT2D eigenvalue weighted by molar-refractivity contribution is 0.0926. The smallest absolute Gasteiger partial charge is 0.286 e. The summed E-state index contributed by atoms with van der Waals surface area (Å²) >= 11 is 0. The summed E-state index contributed by atoms with van der Waals surface area (Å²) in [5, 5.41) is 2.84. The minimum Gasteiger partial charge on any atom is -0.496 e. The number of carbonyl (C=O) groups is 1. The third kappa shape index (κ3) is 3.02. The molecule has 0 saturated heterocycles. The molecule has 0 unspecified atom stereocenters.